The van der Waals surface area contributed by atoms with Crippen LogP contribution in [-0.2, 0) is 21.1 Å². The second-order valence-corrected chi connectivity index (χ2v) is 8.93. The van der Waals surface area contributed by atoms with E-state index in [4.69, 9.17) is 11.6 Å². The van der Waals surface area contributed by atoms with E-state index in [0.717, 1.165) is 24.0 Å². The van der Waals surface area contributed by atoms with Crippen LogP contribution in [-0.4, -0.2) is 20.1 Å². The van der Waals surface area contributed by atoms with E-state index in [-0.39, 0.29) is 18.1 Å². The molecule has 1 atom stereocenters. The number of rotatable bonds is 5. The van der Waals surface area contributed by atoms with Crippen LogP contribution < -0.4 is 5.32 Å². The molecule has 2 aromatic rings. The van der Waals surface area contributed by atoms with Gasteiger partial charge in [-0.3, -0.25) is 4.79 Å². The van der Waals surface area contributed by atoms with E-state index in [2.05, 4.69) is 5.32 Å². The molecule has 3 rings (SSSR count). The molecule has 2 aromatic carbocycles. The fourth-order valence-electron chi connectivity index (χ4n) is 3.23. The van der Waals surface area contributed by atoms with Crippen LogP contribution in [0.25, 0.3) is 0 Å². The highest BCUT2D eigenvalue weighted by atomic mass is 35.5. The van der Waals surface area contributed by atoms with Crippen LogP contribution >= 0.6 is 11.6 Å². The molecule has 1 N–H and O–H groups in total. The fourth-order valence-corrected chi connectivity index (χ4v) is 5.31. The Morgan fingerprint density at radius 1 is 1.12 bits per heavy atom. The maximum Gasteiger partial charge on any atom is 0.225 e. The molecule has 0 heterocycles. The zero-order chi connectivity index (χ0) is 17.9. The van der Waals surface area contributed by atoms with Crippen molar-refractivity contribution in [2.75, 3.05) is 11.1 Å². The van der Waals surface area contributed by atoms with Crippen molar-refractivity contribution in [3.63, 3.8) is 0 Å². The highest BCUT2D eigenvalue weighted by molar-refractivity contribution is 7.91. The number of para-hydroxylation sites is 1. The second kappa shape index (κ2) is 7.58. The Morgan fingerprint density at radius 3 is 2.64 bits per heavy atom. The van der Waals surface area contributed by atoms with Crippen LogP contribution in [0.1, 0.15) is 35.6 Å². The maximum atomic E-state index is 12.8. The third-order valence-electron chi connectivity index (χ3n) is 4.51. The minimum Gasteiger partial charge on any atom is -0.325 e. The summed E-state index contributed by atoms with van der Waals surface area (Å²) in [5.74, 6) is -0.511. The van der Waals surface area contributed by atoms with Gasteiger partial charge in [-0.1, -0.05) is 48.0 Å². The van der Waals surface area contributed by atoms with Gasteiger partial charge in [-0.15, -0.1) is 0 Å². The quantitative estimate of drug-likeness (QED) is 0.850. The van der Waals surface area contributed by atoms with E-state index in [1.165, 1.54) is 0 Å². The van der Waals surface area contributed by atoms with Crippen molar-refractivity contribution in [3.05, 3.63) is 64.7 Å². The number of hydrogen-bond donors (Lipinski definition) is 1. The molecule has 1 aliphatic carbocycles. The van der Waals surface area contributed by atoms with Gasteiger partial charge in [-0.25, -0.2) is 8.42 Å². The Kier molecular flexibility index (Phi) is 5.45. The first-order valence-electron chi connectivity index (χ1n) is 8.31. The largest absolute Gasteiger partial charge is 0.325 e. The minimum absolute atomic E-state index is 0.0772. The third-order valence-corrected chi connectivity index (χ3v) is 6.97. The van der Waals surface area contributed by atoms with Crippen molar-refractivity contribution in [1.29, 1.82) is 0 Å². The number of nitrogens with one attached hydrogen (secondary N) is 1. The Morgan fingerprint density at radius 2 is 1.84 bits per heavy atom. The summed E-state index contributed by atoms with van der Waals surface area (Å²) in [7, 11) is -3.39. The Bertz CT molecular complexity index is 880. The van der Waals surface area contributed by atoms with Crippen LogP contribution in [0.15, 0.2) is 48.5 Å². The van der Waals surface area contributed by atoms with Gasteiger partial charge < -0.3 is 5.32 Å². The summed E-state index contributed by atoms with van der Waals surface area (Å²) in [5.41, 5.74) is 2.48. The van der Waals surface area contributed by atoms with Crippen molar-refractivity contribution in [3.8, 4) is 0 Å². The van der Waals surface area contributed by atoms with Crippen molar-refractivity contribution in [1.82, 2.24) is 0 Å². The monoisotopic (exact) mass is 377 g/mol. The van der Waals surface area contributed by atoms with Gasteiger partial charge in [-0.05, 0) is 42.5 Å². The summed E-state index contributed by atoms with van der Waals surface area (Å²) in [6, 6.07) is 14.6. The Balaban J connectivity index is 1.67. The lowest BCUT2D eigenvalue weighted by molar-refractivity contribution is -0.115. The first-order chi connectivity index (χ1) is 12.0. The van der Waals surface area contributed by atoms with Crippen molar-refractivity contribution in [2.45, 2.75) is 30.9 Å². The molecule has 0 aliphatic heterocycles. The lowest BCUT2D eigenvalue weighted by atomic mass is 9.91. The highest BCUT2D eigenvalue weighted by Crippen LogP contribution is 2.36. The van der Waals surface area contributed by atoms with E-state index in [1.54, 1.807) is 24.3 Å². The van der Waals surface area contributed by atoms with Gasteiger partial charge in [0.05, 0.1) is 21.7 Å². The van der Waals surface area contributed by atoms with Gasteiger partial charge in [0.1, 0.15) is 0 Å². The molecular formula is C19H20ClNO3S. The van der Waals surface area contributed by atoms with Crippen LogP contribution in [0, 0.1) is 0 Å². The molecule has 6 heteroatoms. The number of carbonyl (C=O) groups excluding carboxylic acids is 1. The fraction of sp³-hybridized carbons (Fsp3) is 0.316. The minimum atomic E-state index is -3.39. The van der Waals surface area contributed by atoms with Gasteiger partial charge in [0.2, 0.25) is 5.91 Å². The second-order valence-electron chi connectivity index (χ2n) is 6.22. The van der Waals surface area contributed by atoms with E-state index < -0.39 is 15.1 Å². The summed E-state index contributed by atoms with van der Waals surface area (Å²) in [6.45, 7) is 0. The SMILES string of the molecule is O=C(CCS(=O)(=O)[C@@H]1CCCc2ccccc21)Nc1ccccc1Cl. The molecule has 25 heavy (non-hydrogen) atoms. The van der Waals surface area contributed by atoms with Gasteiger partial charge in [0.15, 0.2) is 9.84 Å². The van der Waals surface area contributed by atoms with Gasteiger partial charge in [0, 0.05) is 6.42 Å². The lowest BCUT2D eigenvalue weighted by Crippen LogP contribution is -2.24. The van der Waals surface area contributed by atoms with Crippen LogP contribution in [0.4, 0.5) is 5.69 Å². The summed E-state index contributed by atoms with van der Waals surface area (Å²) in [4.78, 5) is 12.1. The number of amides is 1. The van der Waals surface area contributed by atoms with Crippen molar-refractivity contribution >= 4 is 33.0 Å². The molecule has 0 aromatic heterocycles. The molecule has 0 unspecified atom stereocenters. The van der Waals surface area contributed by atoms with Gasteiger partial charge in [0.25, 0.3) is 0 Å². The molecule has 0 fully saturated rings. The average Bonchev–Trinajstić information content (AvgIpc) is 2.61. The molecule has 1 aliphatic rings. The molecule has 4 nitrogen and oxygen atoms in total. The Labute approximate surface area is 153 Å². The predicted octanol–water partition coefficient (Wildman–Crippen LogP) is 4.16. The van der Waals surface area contributed by atoms with Gasteiger partial charge >= 0.3 is 0 Å². The van der Waals surface area contributed by atoms with Crippen LogP contribution in [0.5, 0.6) is 0 Å². The third kappa shape index (κ3) is 4.22. The normalized spacial score (nSPS) is 16.9. The molecule has 132 valence electrons. The first-order valence-corrected chi connectivity index (χ1v) is 10.4. The number of carbonyl (C=O) groups is 1. The summed E-state index contributed by atoms with van der Waals surface area (Å²) >= 11 is 6.00. The zero-order valence-electron chi connectivity index (χ0n) is 13.7. The summed E-state index contributed by atoms with van der Waals surface area (Å²) in [6.07, 6.45) is 2.31. The number of halogens is 1. The molecular weight excluding hydrogens is 358 g/mol. The van der Waals surface area contributed by atoms with Gasteiger partial charge in [-0.2, -0.15) is 0 Å². The van der Waals surface area contributed by atoms with E-state index in [1.807, 2.05) is 24.3 Å². The van der Waals surface area contributed by atoms with Crippen molar-refractivity contribution < 1.29 is 13.2 Å². The smallest absolute Gasteiger partial charge is 0.225 e. The Hall–Kier alpha value is -1.85. The highest BCUT2D eigenvalue weighted by Gasteiger charge is 2.31. The lowest BCUT2D eigenvalue weighted by Gasteiger charge is -2.25. The number of aryl methyl sites for hydroxylation is 1. The number of sulfone groups is 1. The summed E-state index contributed by atoms with van der Waals surface area (Å²) < 4.78 is 25.5. The number of benzene rings is 2. The average molecular weight is 378 g/mol. The first kappa shape index (κ1) is 18.0. The number of hydrogen-bond acceptors (Lipinski definition) is 3. The molecule has 0 saturated carbocycles. The van der Waals surface area contributed by atoms with E-state index in [9.17, 15) is 13.2 Å². The number of fused-ring (bicyclic) bond motifs is 1. The topological polar surface area (TPSA) is 63.2 Å². The molecule has 0 bridgehead atoms. The zero-order valence-corrected chi connectivity index (χ0v) is 15.3. The van der Waals surface area contributed by atoms with Crippen molar-refractivity contribution in [2.24, 2.45) is 0 Å². The van der Waals surface area contributed by atoms with E-state index in [0.29, 0.717) is 17.1 Å². The maximum absolute atomic E-state index is 12.8. The molecule has 0 radical (unpaired) electrons. The van der Waals surface area contributed by atoms with Crippen LogP contribution in [0.3, 0.4) is 0 Å². The molecule has 1 amide bonds. The summed E-state index contributed by atoms with van der Waals surface area (Å²) in [5, 5.41) is 2.59. The molecule has 0 spiro atoms. The number of anilines is 1. The molecule has 0 saturated heterocycles. The van der Waals surface area contributed by atoms with Crippen LogP contribution in [0.2, 0.25) is 5.02 Å². The standard InChI is InChI=1S/C19H20ClNO3S/c20-16-9-3-4-10-17(16)21-19(22)12-13-25(23,24)18-11-5-7-14-6-1-2-8-15(14)18/h1-4,6,8-10,18H,5,7,11-13H2,(H,21,22)/t18-/m1/s1. The predicted molar refractivity (Wildman–Crippen MR) is 101 cm³/mol. The van der Waals surface area contributed by atoms with E-state index >= 15 is 0 Å².